The summed E-state index contributed by atoms with van der Waals surface area (Å²) >= 11 is 0. The zero-order chi connectivity index (χ0) is 45.7. The summed E-state index contributed by atoms with van der Waals surface area (Å²) in [5.41, 5.74) is 15.4. The van der Waals surface area contributed by atoms with E-state index < -0.39 is 0 Å². The average Bonchev–Trinajstić information content (AvgIpc) is 3.43. The van der Waals surface area contributed by atoms with Gasteiger partial charge in [0.15, 0.2) is 0 Å². The van der Waals surface area contributed by atoms with Crippen molar-refractivity contribution in [3.8, 4) is 55.6 Å². The highest BCUT2D eigenvalue weighted by molar-refractivity contribution is 6.22. The minimum atomic E-state index is 1.09. The normalized spacial score (nSPS) is 11.5. The molecular weight excluding hydrogens is 831 g/mol. The van der Waals surface area contributed by atoms with Crippen LogP contribution in [0.4, 0.5) is 17.1 Å². The number of rotatable bonds is 8. The Hall–Kier alpha value is -9.04. The van der Waals surface area contributed by atoms with E-state index in [-0.39, 0.29) is 0 Å². The molecule has 13 aromatic rings. The first kappa shape index (κ1) is 40.3. The van der Waals surface area contributed by atoms with Gasteiger partial charge in [-0.3, -0.25) is 0 Å². The summed E-state index contributed by atoms with van der Waals surface area (Å²) in [7, 11) is 0. The molecule has 0 heterocycles. The SMILES string of the molecule is c1ccc(-c2ccc(N(c3ccc(-c4ccc5c(ccc6ccccc65)c4)cc3)c3ccc(-c4ccc5c(c4)c(-c4ccccc4)c(-c4ccccc4)c4ccccc45)cc3)c3ccccc23)cc1. The van der Waals surface area contributed by atoms with Crippen LogP contribution in [0.1, 0.15) is 0 Å². The molecule has 1 nitrogen and oxygen atoms in total. The van der Waals surface area contributed by atoms with Gasteiger partial charge in [-0.15, -0.1) is 0 Å². The van der Waals surface area contributed by atoms with E-state index in [9.17, 15) is 0 Å². The Balaban J connectivity index is 0.946. The standard InChI is InChI=1S/C68H45N/c1-4-16-48(17-5-1)58-42-43-66(63-26-14-12-24-60(58)63)69(55-36-30-46(31-37-55)52-34-40-59-54(44-52)29-28-49-18-10-11-23-57(49)59)56-38-32-47(33-39-56)53-35-41-62-61-25-13-15-27-64(61)67(50-19-6-2-7-20-50)68(65(62)45-53)51-21-8-3-9-22-51/h1-45H. The van der Waals surface area contributed by atoms with Gasteiger partial charge in [-0.2, -0.15) is 0 Å². The van der Waals surface area contributed by atoms with E-state index >= 15 is 0 Å². The van der Waals surface area contributed by atoms with Gasteiger partial charge in [0.2, 0.25) is 0 Å². The second-order valence-corrected chi connectivity index (χ2v) is 18.0. The van der Waals surface area contributed by atoms with Crippen molar-refractivity contribution in [2.24, 2.45) is 0 Å². The average molecular weight is 876 g/mol. The molecule has 0 saturated carbocycles. The largest absolute Gasteiger partial charge is 0.310 e. The number of benzene rings is 13. The molecule has 0 aromatic heterocycles. The van der Waals surface area contributed by atoms with Crippen LogP contribution < -0.4 is 4.90 Å². The van der Waals surface area contributed by atoms with Gasteiger partial charge in [0.1, 0.15) is 0 Å². The van der Waals surface area contributed by atoms with E-state index in [0.717, 1.165) is 22.6 Å². The topological polar surface area (TPSA) is 3.24 Å². The molecule has 0 aliphatic carbocycles. The van der Waals surface area contributed by atoms with Crippen LogP contribution in [0.2, 0.25) is 0 Å². The molecule has 0 saturated heterocycles. The maximum atomic E-state index is 2.42. The summed E-state index contributed by atoms with van der Waals surface area (Å²) < 4.78 is 0. The third-order valence-electron chi connectivity index (χ3n) is 14.0. The van der Waals surface area contributed by atoms with Crippen molar-refractivity contribution < 1.29 is 0 Å². The molecule has 69 heavy (non-hydrogen) atoms. The lowest BCUT2D eigenvalue weighted by Crippen LogP contribution is -2.10. The van der Waals surface area contributed by atoms with Crippen LogP contribution >= 0.6 is 0 Å². The highest BCUT2D eigenvalue weighted by Crippen LogP contribution is 2.47. The molecule has 13 aromatic carbocycles. The fourth-order valence-electron chi connectivity index (χ4n) is 10.8. The summed E-state index contributed by atoms with van der Waals surface area (Å²) in [4.78, 5) is 2.42. The molecule has 0 spiro atoms. The number of nitrogens with zero attached hydrogens (tertiary/aromatic N) is 1. The minimum Gasteiger partial charge on any atom is -0.310 e. The summed E-state index contributed by atoms with van der Waals surface area (Å²) in [6, 6.07) is 100. The van der Waals surface area contributed by atoms with Crippen LogP contribution in [0.25, 0.3) is 109 Å². The lowest BCUT2D eigenvalue weighted by atomic mass is 9.84. The molecule has 0 aliphatic rings. The molecule has 0 atom stereocenters. The van der Waals surface area contributed by atoms with Gasteiger partial charge < -0.3 is 4.90 Å². The second-order valence-electron chi connectivity index (χ2n) is 18.0. The zero-order valence-electron chi connectivity index (χ0n) is 37.9. The van der Waals surface area contributed by atoms with Gasteiger partial charge in [0.25, 0.3) is 0 Å². The van der Waals surface area contributed by atoms with E-state index in [0.29, 0.717) is 0 Å². The molecule has 13 rings (SSSR count). The van der Waals surface area contributed by atoms with Crippen LogP contribution in [0.15, 0.2) is 273 Å². The van der Waals surface area contributed by atoms with Crippen LogP contribution in [-0.4, -0.2) is 0 Å². The van der Waals surface area contributed by atoms with Gasteiger partial charge in [-0.1, -0.05) is 231 Å². The third-order valence-corrected chi connectivity index (χ3v) is 14.0. The van der Waals surface area contributed by atoms with Crippen LogP contribution in [0, 0.1) is 0 Å². The minimum absolute atomic E-state index is 1.09. The van der Waals surface area contributed by atoms with Gasteiger partial charge in [-0.05, 0) is 147 Å². The van der Waals surface area contributed by atoms with Crippen molar-refractivity contribution in [2.75, 3.05) is 4.90 Å². The lowest BCUT2D eigenvalue weighted by molar-refractivity contribution is 1.30. The van der Waals surface area contributed by atoms with E-state index in [1.807, 2.05) is 0 Å². The number of anilines is 3. The van der Waals surface area contributed by atoms with Crippen molar-refractivity contribution in [1.82, 2.24) is 0 Å². The van der Waals surface area contributed by atoms with Gasteiger partial charge in [0.05, 0.1) is 5.69 Å². The highest BCUT2D eigenvalue weighted by Gasteiger charge is 2.20. The molecular formula is C68H45N. The Morgan fingerprint density at radius 1 is 0.203 bits per heavy atom. The summed E-state index contributed by atoms with van der Waals surface area (Å²) in [6.45, 7) is 0. The Bertz CT molecular complexity index is 4030. The summed E-state index contributed by atoms with van der Waals surface area (Å²) in [5, 5.41) is 12.5. The molecule has 0 fully saturated rings. The maximum Gasteiger partial charge on any atom is 0.0540 e. The molecule has 0 unspecified atom stereocenters. The molecule has 0 radical (unpaired) electrons. The van der Waals surface area contributed by atoms with Crippen molar-refractivity contribution in [3.05, 3.63) is 273 Å². The first-order valence-electron chi connectivity index (χ1n) is 23.8. The van der Waals surface area contributed by atoms with Gasteiger partial charge in [-0.25, -0.2) is 0 Å². The third kappa shape index (κ3) is 7.12. The maximum absolute atomic E-state index is 2.42. The van der Waals surface area contributed by atoms with Crippen molar-refractivity contribution >= 4 is 70.9 Å². The van der Waals surface area contributed by atoms with Crippen molar-refractivity contribution in [2.45, 2.75) is 0 Å². The first-order valence-corrected chi connectivity index (χ1v) is 23.8. The van der Waals surface area contributed by atoms with Crippen LogP contribution in [0.5, 0.6) is 0 Å². The fraction of sp³-hybridized carbons (Fsp3) is 0. The number of hydrogen-bond acceptors (Lipinski definition) is 1. The van der Waals surface area contributed by atoms with E-state index in [4.69, 9.17) is 0 Å². The van der Waals surface area contributed by atoms with Crippen LogP contribution in [0.3, 0.4) is 0 Å². The summed E-state index contributed by atoms with van der Waals surface area (Å²) in [6.07, 6.45) is 0. The van der Waals surface area contributed by atoms with E-state index in [1.54, 1.807) is 0 Å². The monoisotopic (exact) mass is 875 g/mol. The number of fused-ring (bicyclic) bond motifs is 7. The Morgan fingerprint density at radius 2 is 0.638 bits per heavy atom. The van der Waals surface area contributed by atoms with Crippen molar-refractivity contribution in [3.63, 3.8) is 0 Å². The Kier molecular flexibility index (Phi) is 9.91. The van der Waals surface area contributed by atoms with Crippen LogP contribution in [-0.2, 0) is 0 Å². The van der Waals surface area contributed by atoms with E-state index in [2.05, 4.69) is 278 Å². The van der Waals surface area contributed by atoms with Gasteiger partial charge >= 0.3 is 0 Å². The summed E-state index contributed by atoms with van der Waals surface area (Å²) in [5.74, 6) is 0. The zero-order valence-corrected chi connectivity index (χ0v) is 37.9. The lowest BCUT2D eigenvalue weighted by Gasteiger charge is -2.28. The van der Waals surface area contributed by atoms with Gasteiger partial charge in [0, 0.05) is 16.8 Å². The van der Waals surface area contributed by atoms with E-state index in [1.165, 1.54) is 104 Å². The number of hydrogen-bond donors (Lipinski definition) is 0. The molecule has 322 valence electrons. The molecule has 0 N–H and O–H groups in total. The quantitative estimate of drug-likeness (QED) is 0.138. The highest BCUT2D eigenvalue weighted by atomic mass is 15.1. The Labute approximate surface area is 402 Å². The predicted molar refractivity (Wildman–Crippen MR) is 296 cm³/mol. The smallest absolute Gasteiger partial charge is 0.0540 e. The van der Waals surface area contributed by atoms with Crippen molar-refractivity contribution in [1.29, 1.82) is 0 Å². The molecule has 0 bridgehead atoms. The first-order chi connectivity index (χ1) is 34.2. The predicted octanol–water partition coefficient (Wildman–Crippen LogP) is 19.3. The second kappa shape index (κ2) is 17.0. The Morgan fingerprint density at radius 3 is 1.28 bits per heavy atom. The fourth-order valence-corrected chi connectivity index (χ4v) is 10.8. The molecule has 0 aliphatic heterocycles. The molecule has 1 heteroatoms. The molecule has 0 amide bonds.